The zero-order valence-corrected chi connectivity index (χ0v) is 19.4. The first-order chi connectivity index (χ1) is 14.9. The summed E-state index contributed by atoms with van der Waals surface area (Å²) in [6.07, 6.45) is 9.39. The van der Waals surface area contributed by atoms with E-state index in [1.807, 2.05) is 32.9 Å². The molecule has 1 aromatic heterocycles. The Kier molecular flexibility index (Phi) is 4.43. The van der Waals surface area contributed by atoms with Crippen molar-refractivity contribution in [3.63, 3.8) is 0 Å². The van der Waals surface area contributed by atoms with Gasteiger partial charge in [-0.25, -0.2) is 4.79 Å². The van der Waals surface area contributed by atoms with Gasteiger partial charge in [0.25, 0.3) is 0 Å². The van der Waals surface area contributed by atoms with E-state index in [9.17, 15) is 14.7 Å². The van der Waals surface area contributed by atoms with Gasteiger partial charge >= 0.3 is 11.9 Å². The van der Waals surface area contributed by atoms with Crippen LogP contribution in [0.15, 0.2) is 46.8 Å². The summed E-state index contributed by atoms with van der Waals surface area (Å²) in [5.74, 6) is -0.836. The number of ether oxygens (including phenoxy) is 2. The van der Waals surface area contributed by atoms with Gasteiger partial charge in [-0.3, -0.25) is 4.79 Å². The van der Waals surface area contributed by atoms with E-state index in [-0.39, 0.29) is 29.6 Å². The summed E-state index contributed by atoms with van der Waals surface area (Å²) in [5.41, 5.74) is -0.716. The van der Waals surface area contributed by atoms with Gasteiger partial charge < -0.3 is 19.0 Å². The molecule has 2 aliphatic heterocycles. The Labute approximate surface area is 188 Å². The molecule has 2 fully saturated rings. The number of aliphatic hydroxyl groups excluding tert-OH is 1. The van der Waals surface area contributed by atoms with Crippen LogP contribution in [0.4, 0.5) is 0 Å². The molecule has 0 unspecified atom stereocenters. The van der Waals surface area contributed by atoms with Crippen LogP contribution in [0.3, 0.4) is 0 Å². The number of allylic oxidation sites excluding steroid dienone is 1. The number of esters is 2. The Bertz CT molecular complexity index is 1020. The summed E-state index contributed by atoms with van der Waals surface area (Å²) in [7, 11) is 0. The summed E-state index contributed by atoms with van der Waals surface area (Å²) in [4.78, 5) is 26.0. The fourth-order valence-corrected chi connectivity index (χ4v) is 7.44. The predicted molar refractivity (Wildman–Crippen MR) is 116 cm³/mol. The maximum absolute atomic E-state index is 13.2. The van der Waals surface area contributed by atoms with Gasteiger partial charge in [0.1, 0.15) is 11.7 Å². The summed E-state index contributed by atoms with van der Waals surface area (Å²) >= 11 is 0. The minimum absolute atomic E-state index is 0.0373. The van der Waals surface area contributed by atoms with Crippen LogP contribution in [0.1, 0.15) is 65.5 Å². The van der Waals surface area contributed by atoms with E-state index < -0.39 is 34.6 Å². The fourth-order valence-electron chi connectivity index (χ4n) is 7.44. The molecule has 32 heavy (non-hydrogen) atoms. The summed E-state index contributed by atoms with van der Waals surface area (Å²) < 4.78 is 17.4. The van der Waals surface area contributed by atoms with Crippen molar-refractivity contribution in [2.24, 2.45) is 28.1 Å². The summed E-state index contributed by atoms with van der Waals surface area (Å²) in [6.45, 7) is 10.3. The highest BCUT2D eigenvalue weighted by Gasteiger charge is 2.66. The average Bonchev–Trinajstić information content (AvgIpc) is 3.21. The van der Waals surface area contributed by atoms with Crippen molar-refractivity contribution >= 4 is 11.9 Å². The number of fused-ring (bicyclic) bond motifs is 5. The van der Waals surface area contributed by atoms with Crippen molar-refractivity contribution in [2.75, 3.05) is 0 Å². The van der Waals surface area contributed by atoms with E-state index in [0.717, 1.165) is 24.0 Å². The lowest BCUT2D eigenvalue weighted by molar-refractivity contribution is -0.175. The van der Waals surface area contributed by atoms with E-state index in [0.29, 0.717) is 0 Å². The Morgan fingerprint density at radius 1 is 1.09 bits per heavy atom. The van der Waals surface area contributed by atoms with Gasteiger partial charge in [-0.05, 0) is 48.2 Å². The molecule has 172 valence electrons. The van der Waals surface area contributed by atoms with Crippen LogP contribution in [0.2, 0.25) is 0 Å². The molecule has 1 N–H and O–H groups in total. The van der Waals surface area contributed by atoms with E-state index in [2.05, 4.69) is 19.9 Å². The highest BCUT2D eigenvalue weighted by Crippen LogP contribution is 2.66. The normalized spacial score (nSPS) is 44.9. The number of furan rings is 1. The molecule has 0 radical (unpaired) electrons. The lowest BCUT2D eigenvalue weighted by Gasteiger charge is -2.59. The smallest absolute Gasteiger partial charge is 0.331 e. The molecule has 3 heterocycles. The molecule has 0 bridgehead atoms. The quantitative estimate of drug-likeness (QED) is 0.511. The van der Waals surface area contributed by atoms with E-state index >= 15 is 0 Å². The molecule has 1 aromatic rings. The van der Waals surface area contributed by atoms with Crippen molar-refractivity contribution in [2.45, 2.75) is 71.7 Å². The second-order valence-electron chi connectivity index (χ2n) is 11.3. The highest BCUT2D eigenvalue weighted by atomic mass is 16.6. The van der Waals surface area contributed by atoms with Crippen LogP contribution in [0.5, 0.6) is 0 Å². The standard InChI is InChI=1S/C26H32O6/c1-23(2)17-12-21(29)32-26(5)16(24(17,3)10-7-19(23)27)6-9-25(4)18(26)13-20(28)31-22(25)15-8-11-30-14-15/h7-8,10-11,13-14,16-17,19,22,27H,6,9,12H2,1-5H3/t16-,17-,19+,22-,24-,25+,26-/m0/s1. The largest absolute Gasteiger partial charge is 0.472 e. The molecular weight excluding hydrogens is 408 g/mol. The van der Waals surface area contributed by atoms with Gasteiger partial charge in [0, 0.05) is 29.4 Å². The molecule has 2 aliphatic carbocycles. The lowest BCUT2D eigenvalue weighted by Crippen LogP contribution is -2.59. The number of hydrogen-bond donors (Lipinski definition) is 1. The predicted octanol–water partition coefficient (Wildman–Crippen LogP) is 4.51. The van der Waals surface area contributed by atoms with Gasteiger partial charge in [-0.15, -0.1) is 0 Å². The van der Waals surface area contributed by atoms with Crippen LogP contribution in [0.25, 0.3) is 0 Å². The van der Waals surface area contributed by atoms with Gasteiger partial charge in [-0.2, -0.15) is 0 Å². The highest BCUT2D eigenvalue weighted by molar-refractivity contribution is 5.85. The Morgan fingerprint density at radius 2 is 1.84 bits per heavy atom. The SMILES string of the molecule is CC1(C)[C@H](O)C=C[C@]2(C)[C@H]1CC(=O)O[C@]1(C)C3=CC(=O)O[C@@H](c4ccoc4)[C@]3(C)CC[C@@H]21. The van der Waals surface area contributed by atoms with Crippen LogP contribution >= 0.6 is 0 Å². The molecule has 1 saturated carbocycles. The minimum atomic E-state index is -0.961. The molecule has 7 atom stereocenters. The molecule has 5 rings (SSSR count). The Morgan fingerprint density at radius 3 is 2.53 bits per heavy atom. The van der Waals surface area contributed by atoms with E-state index in [1.54, 1.807) is 18.6 Å². The van der Waals surface area contributed by atoms with E-state index in [4.69, 9.17) is 13.9 Å². The van der Waals surface area contributed by atoms with Crippen molar-refractivity contribution in [3.8, 4) is 0 Å². The van der Waals surface area contributed by atoms with Crippen LogP contribution in [-0.4, -0.2) is 28.8 Å². The molecule has 4 aliphatic rings. The fraction of sp³-hybridized carbons (Fsp3) is 0.615. The summed E-state index contributed by atoms with van der Waals surface area (Å²) in [5, 5.41) is 10.7. The molecular formula is C26H32O6. The molecule has 0 amide bonds. The third-order valence-electron chi connectivity index (χ3n) is 9.18. The van der Waals surface area contributed by atoms with Gasteiger partial charge in [0.05, 0.1) is 18.6 Å². The number of carbonyl (C=O) groups excluding carboxylic acids is 2. The molecule has 6 nitrogen and oxygen atoms in total. The van der Waals surface area contributed by atoms with Crippen molar-refractivity contribution in [3.05, 3.63) is 48.0 Å². The van der Waals surface area contributed by atoms with Crippen LogP contribution in [-0.2, 0) is 19.1 Å². The average molecular weight is 441 g/mol. The monoisotopic (exact) mass is 440 g/mol. The van der Waals surface area contributed by atoms with Gasteiger partial charge in [0.2, 0.25) is 0 Å². The lowest BCUT2D eigenvalue weighted by atomic mass is 9.46. The maximum Gasteiger partial charge on any atom is 0.331 e. The zero-order chi connectivity index (χ0) is 23.1. The third-order valence-corrected chi connectivity index (χ3v) is 9.18. The van der Waals surface area contributed by atoms with Gasteiger partial charge in [-0.1, -0.05) is 39.8 Å². The molecule has 0 spiro atoms. The number of aliphatic hydroxyl groups is 1. The minimum Gasteiger partial charge on any atom is -0.472 e. The molecule has 6 heteroatoms. The summed E-state index contributed by atoms with van der Waals surface area (Å²) in [6, 6.07) is 1.82. The van der Waals surface area contributed by atoms with Crippen molar-refractivity contribution < 1.29 is 28.6 Å². The first-order valence-corrected chi connectivity index (χ1v) is 11.5. The van der Waals surface area contributed by atoms with E-state index in [1.165, 1.54) is 0 Å². The maximum atomic E-state index is 13.2. The Hall–Kier alpha value is -2.34. The number of carbonyl (C=O) groups is 2. The van der Waals surface area contributed by atoms with Crippen LogP contribution < -0.4 is 0 Å². The molecule has 1 saturated heterocycles. The van der Waals surface area contributed by atoms with Gasteiger partial charge in [0.15, 0.2) is 0 Å². The second-order valence-corrected chi connectivity index (χ2v) is 11.3. The first-order valence-electron chi connectivity index (χ1n) is 11.5. The Balaban J connectivity index is 1.67. The first kappa shape index (κ1) is 21.5. The number of cyclic esters (lactones) is 1. The molecule has 0 aromatic carbocycles. The second kappa shape index (κ2) is 6.60. The van der Waals surface area contributed by atoms with Crippen molar-refractivity contribution in [1.29, 1.82) is 0 Å². The number of hydrogen-bond acceptors (Lipinski definition) is 6. The zero-order valence-electron chi connectivity index (χ0n) is 19.4. The van der Waals surface area contributed by atoms with Crippen molar-refractivity contribution in [1.82, 2.24) is 0 Å². The topological polar surface area (TPSA) is 86.0 Å². The number of rotatable bonds is 1. The van der Waals surface area contributed by atoms with Crippen LogP contribution in [0, 0.1) is 28.1 Å². The third kappa shape index (κ3) is 2.68.